The number of hydrogen-bond donors (Lipinski definition) is 0. The van der Waals surface area contributed by atoms with E-state index in [1.807, 2.05) is 23.6 Å². The molecule has 90 valence electrons. The molecule has 0 bridgehead atoms. The number of aromatic nitrogens is 2. The first kappa shape index (κ1) is 11.4. The standard InChI is InChI=1S/C12H14N2O3/c1-4-17-12(15)10-8(2)14-7-5-6-9(16-3)11(14)13-10/h5-7H,4H2,1-3H3. The molecule has 0 fully saturated rings. The lowest BCUT2D eigenvalue weighted by Gasteiger charge is -2.01. The maximum Gasteiger partial charge on any atom is 0.358 e. The van der Waals surface area contributed by atoms with Crippen molar-refractivity contribution in [1.29, 1.82) is 0 Å². The Morgan fingerprint density at radius 1 is 1.53 bits per heavy atom. The lowest BCUT2D eigenvalue weighted by molar-refractivity contribution is 0.0519. The van der Waals surface area contributed by atoms with Crippen LogP contribution < -0.4 is 4.74 Å². The number of nitrogens with zero attached hydrogens (tertiary/aromatic N) is 2. The topological polar surface area (TPSA) is 52.8 Å². The lowest BCUT2D eigenvalue weighted by Crippen LogP contribution is -2.06. The van der Waals surface area contributed by atoms with E-state index in [-0.39, 0.29) is 0 Å². The van der Waals surface area contributed by atoms with Gasteiger partial charge in [0.1, 0.15) is 0 Å². The van der Waals surface area contributed by atoms with Crippen molar-refractivity contribution in [2.45, 2.75) is 13.8 Å². The van der Waals surface area contributed by atoms with Crippen LogP contribution >= 0.6 is 0 Å². The molecule has 0 spiro atoms. The average Bonchev–Trinajstić information content (AvgIpc) is 2.67. The van der Waals surface area contributed by atoms with E-state index >= 15 is 0 Å². The Labute approximate surface area is 99.0 Å². The molecule has 0 aliphatic heterocycles. The highest BCUT2D eigenvalue weighted by atomic mass is 16.5. The van der Waals surface area contributed by atoms with Crippen LogP contribution in [0.2, 0.25) is 0 Å². The molecule has 0 aliphatic rings. The molecule has 0 atom stereocenters. The number of carbonyl (C=O) groups is 1. The Balaban J connectivity index is 2.60. The molecular formula is C12H14N2O3. The highest BCUT2D eigenvalue weighted by Gasteiger charge is 2.18. The van der Waals surface area contributed by atoms with Crippen LogP contribution in [0.4, 0.5) is 0 Å². The third kappa shape index (κ3) is 1.84. The van der Waals surface area contributed by atoms with E-state index in [9.17, 15) is 4.79 Å². The van der Waals surface area contributed by atoms with Gasteiger partial charge in [-0.15, -0.1) is 0 Å². The molecule has 0 unspecified atom stereocenters. The van der Waals surface area contributed by atoms with Gasteiger partial charge in [-0.25, -0.2) is 9.78 Å². The molecule has 17 heavy (non-hydrogen) atoms. The Bertz CT molecular complexity index is 560. The molecule has 2 rings (SSSR count). The molecule has 0 radical (unpaired) electrons. The maximum absolute atomic E-state index is 11.7. The van der Waals surface area contributed by atoms with E-state index in [2.05, 4.69) is 4.98 Å². The number of aryl methyl sites for hydroxylation is 1. The third-order valence-corrected chi connectivity index (χ3v) is 2.54. The molecule has 5 heteroatoms. The second-order valence-electron chi connectivity index (χ2n) is 3.54. The number of rotatable bonds is 3. The van der Waals surface area contributed by atoms with Crippen molar-refractivity contribution < 1.29 is 14.3 Å². The first-order valence-corrected chi connectivity index (χ1v) is 5.37. The van der Waals surface area contributed by atoms with Gasteiger partial charge < -0.3 is 13.9 Å². The number of hydrogen-bond acceptors (Lipinski definition) is 4. The minimum absolute atomic E-state index is 0.330. The van der Waals surface area contributed by atoms with Crippen LogP contribution in [0.25, 0.3) is 5.65 Å². The quantitative estimate of drug-likeness (QED) is 0.760. The molecule has 5 nitrogen and oxygen atoms in total. The van der Waals surface area contributed by atoms with Crippen LogP contribution in [0.1, 0.15) is 23.1 Å². The summed E-state index contributed by atoms with van der Waals surface area (Å²) in [6.45, 7) is 3.93. The van der Waals surface area contributed by atoms with Crippen LogP contribution in [0.15, 0.2) is 18.3 Å². The third-order valence-electron chi connectivity index (χ3n) is 2.54. The minimum atomic E-state index is -0.407. The highest BCUT2D eigenvalue weighted by molar-refractivity contribution is 5.90. The summed E-state index contributed by atoms with van der Waals surface area (Å²) >= 11 is 0. The van der Waals surface area contributed by atoms with E-state index in [4.69, 9.17) is 9.47 Å². The summed E-state index contributed by atoms with van der Waals surface area (Å²) in [5.74, 6) is 0.224. The van der Waals surface area contributed by atoms with Crippen molar-refractivity contribution >= 4 is 11.6 Å². The number of carbonyl (C=O) groups excluding carboxylic acids is 1. The summed E-state index contributed by atoms with van der Waals surface area (Å²) in [4.78, 5) is 16.0. The van der Waals surface area contributed by atoms with Gasteiger partial charge in [-0.2, -0.15) is 0 Å². The molecule has 2 aromatic rings. The first-order chi connectivity index (χ1) is 8.19. The molecule has 0 aromatic carbocycles. The number of esters is 1. The number of pyridine rings is 1. The predicted octanol–water partition coefficient (Wildman–Crippen LogP) is 1.83. The zero-order chi connectivity index (χ0) is 12.4. The molecule has 0 N–H and O–H groups in total. The second kappa shape index (κ2) is 4.45. The summed E-state index contributed by atoms with van der Waals surface area (Å²) in [5.41, 5.74) is 1.70. The lowest BCUT2D eigenvalue weighted by atomic mass is 10.3. The SMILES string of the molecule is CCOC(=O)c1nc2c(OC)cccn2c1C. The molecular weight excluding hydrogens is 220 g/mol. The van der Waals surface area contributed by atoms with E-state index in [0.717, 1.165) is 5.69 Å². The van der Waals surface area contributed by atoms with Crippen LogP contribution in [0.5, 0.6) is 5.75 Å². The van der Waals surface area contributed by atoms with Crippen molar-refractivity contribution in [1.82, 2.24) is 9.38 Å². The van der Waals surface area contributed by atoms with Gasteiger partial charge in [0.05, 0.1) is 19.4 Å². The maximum atomic E-state index is 11.7. The minimum Gasteiger partial charge on any atom is -0.493 e. The average molecular weight is 234 g/mol. The molecule has 0 amide bonds. The summed E-state index contributed by atoms with van der Waals surface area (Å²) in [6, 6.07) is 3.64. The molecule has 0 aliphatic carbocycles. The van der Waals surface area contributed by atoms with Gasteiger partial charge in [-0.1, -0.05) is 0 Å². The summed E-state index contributed by atoms with van der Waals surface area (Å²) in [6.07, 6.45) is 1.84. The predicted molar refractivity (Wildman–Crippen MR) is 62.4 cm³/mol. The summed E-state index contributed by atoms with van der Waals surface area (Å²) in [5, 5.41) is 0. The zero-order valence-electron chi connectivity index (χ0n) is 10.1. The largest absolute Gasteiger partial charge is 0.493 e. The van der Waals surface area contributed by atoms with Crippen LogP contribution in [0.3, 0.4) is 0 Å². The van der Waals surface area contributed by atoms with E-state index in [1.165, 1.54) is 0 Å². The normalized spacial score (nSPS) is 10.5. The van der Waals surface area contributed by atoms with Gasteiger partial charge in [0, 0.05) is 6.20 Å². The monoisotopic (exact) mass is 234 g/mol. The van der Waals surface area contributed by atoms with Gasteiger partial charge in [-0.3, -0.25) is 0 Å². The van der Waals surface area contributed by atoms with E-state index in [1.54, 1.807) is 20.1 Å². The Kier molecular flexibility index (Phi) is 2.99. The number of fused-ring (bicyclic) bond motifs is 1. The van der Waals surface area contributed by atoms with Gasteiger partial charge >= 0.3 is 5.97 Å². The van der Waals surface area contributed by atoms with Gasteiger partial charge in [0.15, 0.2) is 17.1 Å². The van der Waals surface area contributed by atoms with Gasteiger partial charge in [0.2, 0.25) is 0 Å². The van der Waals surface area contributed by atoms with Crippen molar-refractivity contribution in [2.75, 3.05) is 13.7 Å². The Morgan fingerprint density at radius 2 is 2.29 bits per heavy atom. The smallest absolute Gasteiger partial charge is 0.358 e. The molecule has 2 aromatic heterocycles. The summed E-state index contributed by atoms with van der Waals surface area (Å²) < 4.78 is 12.0. The number of methoxy groups -OCH3 is 1. The van der Waals surface area contributed by atoms with Crippen molar-refractivity contribution in [2.24, 2.45) is 0 Å². The molecule has 2 heterocycles. The van der Waals surface area contributed by atoms with Crippen molar-refractivity contribution in [3.63, 3.8) is 0 Å². The Morgan fingerprint density at radius 3 is 2.94 bits per heavy atom. The van der Waals surface area contributed by atoms with E-state index < -0.39 is 5.97 Å². The van der Waals surface area contributed by atoms with Crippen LogP contribution in [-0.4, -0.2) is 29.1 Å². The fraction of sp³-hybridized carbons (Fsp3) is 0.333. The van der Waals surface area contributed by atoms with Crippen molar-refractivity contribution in [3.05, 3.63) is 29.7 Å². The second-order valence-corrected chi connectivity index (χ2v) is 3.54. The number of imidazole rings is 1. The fourth-order valence-electron chi connectivity index (χ4n) is 1.71. The molecule has 0 saturated heterocycles. The van der Waals surface area contributed by atoms with Gasteiger partial charge in [-0.05, 0) is 26.0 Å². The Hall–Kier alpha value is -2.04. The fourth-order valence-corrected chi connectivity index (χ4v) is 1.71. The zero-order valence-corrected chi connectivity index (χ0v) is 10.1. The van der Waals surface area contributed by atoms with Crippen LogP contribution in [-0.2, 0) is 4.74 Å². The van der Waals surface area contributed by atoms with Crippen LogP contribution in [0, 0.1) is 6.92 Å². The van der Waals surface area contributed by atoms with Crippen molar-refractivity contribution in [3.8, 4) is 5.75 Å². The summed E-state index contributed by atoms with van der Waals surface area (Å²) in [7, 11) is 1.57. The highest BCUT2D eigenvalue weighted by Crippen LogP contribution is 2.21. The van der Waals surface area contributed by atoms with Gasteiger partial charge in [0.25, 0.3) is 0 Å². The first-order valence-electron chi connectivity index (χ1n) is 5.37. The molecule has 0 saturated carbocycles. The number of ether oxygens (including phenoxy) is 2. The van der Waals surface area contributed by atoms with E-state index in [0.29, 0.717) is 23.7 Å².